The van der Waals surface area contributed by atoms with Gasteiger partial charge < -0.3 is 14.2 Å². The van der Waals surface area contributed by atoms with E-state index in [0.717, 1.165) is 24.1 Å². The third kappa shape index (κ3) is 4.15. The van der Waals surface area contributed by atoms with Crippen molar-refractivity contribution in [2.45, 2.75) is 52.1 Å². The van der Waals surface area contributed by atoms with Crippen LogP contribution in [-0.4, -0.2) is 44.8 Å². The summed E-state index contributed by atoms with van der Waals surface area (Å²) in [5.41, 5.74) is 1.21. The van der Waals surface area contributed by atoms with E-state index >= 15 is 0 Å². The Morgan fingerprint density at radius 1 is 1.40 bits per heavy atom. The molecule has 3 rings (SSSR count). The Bertz CT molecular complexity index is 751. The number of aryl methyl sites for hydroxylation is 1. The molecule has 3 heterocycles. The van der Waals surface area contributed by atoms with Crippen LogP contribution in [0.2, 0.25) is 0 Å². The van der Waals surface area contributed by atoms with Crippen LogP contribution in [0, 0.1) is 6.92 Å². The SMILES string of the molecule is Cc1cccnc1-c1noc(C2CCCN(C(=O)OC(C)(C)C)C2)n1. The quantitative estimate of drug-likeness (QED) is 0.828. The first-order valence-corrected chi connectivity index (χ1v) is 8.57. The molecule has 1 amide bonds. The zero-order valence-electron chi connectivity index (χ0n) is 15.2. The molecule has 2 aromatic heterocycles. The molecule has 1 fully saturated rings. The number of pyridine rings is 1. The van der Waals surface area contributed by atoms with Gasteiger partial charge in [0.2, 0.25) is 11.7 Å². The average Bonchev–Trinajstić information content (AvgIpc) is 3.03. The van der Waals surface area contributed by atoms with E-state index in [0.29, 0.717) is 24.8 Å². The van der Waals surface area contributed by atoms with Gasteiger partial charge in [-0.05, 0) is 52.2 Å². The molecule has 1 aliphatic heterocycles. The number of likely N-dealkylation sites (tertiary alicyclic amines) is 1. The first kappa shape index (κ1) is 17.4. The van der Waals surface area contributed by atoms with Crippen LogP contribution < -0.4 is 0 Å². The van der Waals surface area contributed by atoms with Gasteiger partial charge in [0.1, 0.15) is 11.3 Å². The van der Waals surface area contributed by atoms with Gasteiger partial charge in [0.25, 0.3) is 0 Å². The minimum absolute atomic E-state index is 0.0199. The Morgan fingerprint density at radius 3 is 2.92 bits per heavy atom. The molecule has 0 aliphatic carbocycles. The van der Waals surface area contributed by atoms with Crippen molar-refractivity contribution in [3.63, 3.8) is 0 Å². The monoisotopic (exact) mass is 344 g/mol. The van der Waals surface area contributed by atoms with E-state index in [-0.39, 0.29) is 12.0 Å². The Hall–Kier alpha value is -2.44. The number of hydrogen-bond acceptors (Lipinski definition) is 6. The van der Waals surface area contributed by atoms with Crippen LogP contribution in [0.1, 0.15) is 51.0 Å². The molecule has 1 atom stereocenters. The zero-order chi connectivity index (χ0) is 18.0. The molecule has 7 nitrogen and oxygen atoms in total. The lowest BCUT2D eigenvalue weighted by Crippen LogP contribution is -2.42. The zero-order valence-corrected chi connectivity index (χ0v) is 15.2. The van der Waals surface area contributed by atoms with Crippen molar-refractivity contribution in [1.82, 2.24) is 20.0 Å². The summed E-state index contributed by atoms with van der Waals surface area (Å²) >= 11 is 0. The first-order chi connectivity index (χ1) is 11.8. The van der Waals surface area contributed by atoms with Crippen LogP contribution in [0.3, 0.4) is 0 Å². The maximum atomic E-state index is 12.3. The van der Waals surface area contributed by atoms with Gasteiger partial charge in [-0.2, -0.15) is 4.98 Å². The van der Waals surface area contributed by atoms with Crippen molar-refractivity contribution in [3.8, 4) is 11.5 Å². The van der Waals surface area contributed by atoms with E-state index in [1.165, 1.54) is 0 Å². The van der Waals surface area contributed by atoms with E-state index in [4.69, 9.17) is 9.26 Å². The molecule has 1 aliphatic rings. The van der Waals surface area contributed by atoms with Crippen molar-refractivity contribution in [3.05, 3.63) is 29.8 Å². The van der Waals surface area contributed by atoms with Gasteiger partial charge in [-0.1, -0.05) is 11.2 Å². The second kappa shape index (κ2) is 6.82. The molecule has 134 valence electrons. The molecule has 2 aromatic rings. The van der Waals surface area contributed by atoms with E-state index in [2.05, 4.69) is 15.1 Å². The average molecular weight is 344 g/mol. The van der Waals surface area contributed by atoms with E-state index < -0.39 is 5.60 Å². The molecular formula is C18H24N4O3. The lowest BCUT2D eigenvalue weighted by Gasteiger charge is -2.32. The number of piperidine rings is 1. The summed E-state index contributed by atoms with van der Waals surface area (Å²) in [5, 5.41) is 4.07. The minimum atomic E-state index is -0.502. The van der Waals surface area contributed by atoms with Crippen molar-refractivity contribution < 1.29 is 14.1 Å². The standard InChI is InChI=1S/C18H24N4O3/c1-12-7-5-9-19-14(12)15-20-16(25-21-15)13-8-6-10-22(11-13)17(23)24-18(2,3)4/h5,7,9,13H,6,8,10-11H2,1-4H3. The van der Waals surface area contributed by atoms with E-state index in [1.807, 2.05) is 39.8 Å². The van der Waals surface area contributed by atoms with Crippen LogP contribution in [0.5, 0.6) is 0 Å². The number of ether oxygens (including phenoxy) is 1. The first-order valence-electron chi connectivity index (χ1n) is 8.57. The highest BCUT2D eigenvalue weighted by atomic mass is 16.6. The van der Waals surface area contributed by atoms with Gasteiger partial charge in [-0.3, -0.25) is 4.98 Å². The summed E-state index contributed by atoms with van der Waals surface area (Å²) in [7, 11) is 0. The molecule has 1 saturated heterocycles. The number of carbonyl (C=O) groups excluding carboxylic acids is 1. The van der Waals surface area contributed by atoms with Crippen LogP contribution >= 0.6 is 0 Å². The fourth-order valence-corrected chi connectivity index (χ4v) is 2.89. The fraction of sp³-hybridized carbons (Fsp3) is 0.556. The minimum Gasteiger partial charge on any atom is -0.444 e. The van der Waals surface area contributed by atoms with Gasteiger partial charge >= 0.3 is 6.09 Å². The lowest BCUT2D eigenvalue weighted by atomic mass is 9.98. The highest BCUT2D eigenvalue weighted by Gasteiger charge is 2.31. The molecule has 7 heteroatoms. The number of nitrogens with zero attached hydrogens (tertiary/aromatic N) is 4. The molecule has 1 unspecified atom stereocenters. The summed E-state index contributed by atoms with van der Waals surface area (Å²) in [6, 6.07) is 3.84. The summed E-state index contributed by atoms with van der Waals surface area (Å²) < 4.78 is 10.9. The van der Waals surface area contributed by atoms with Crippen LogP contribution in [0.25, 0.3) is 11.5 Å². The molecule has 0 saturated carbocycles. The Labute approximate surface area is 147 Å². The molecule has 0 N–H and O–H groups in total. The summed E-state index contributed by atoms with van der Waals surface area (Å²) in [6.07, 6.45) is 3.20. The Balaban J connectivity index is 1.72. The van der Waals surface area contributed by atoms with Crippen molar-refractivity contribution in [2.75, 3.05) is 13.1 Å². The molecular weight excluding hydrogens is 320 g/mol. The van der Waals surface area contributed by atoms with Crippen molar-refractivity contribution in [2.24, 2.45) is 0 Å². The molecule has 0 bridgehead atoms. The van der Waals surface area contributed by atoms with Gasteiger partial charge in [-0.25, -0.2) is 4.79 Å². The van der Waals surface area contributed by atoms with Crippen LogP contribution in [0.4, 0.5) is 4.79 Å². The van der Waals surface area contributed by atoms with E-state index in [1.54, 1.807) is 11.1 Å². The lowest BCUT2D eigenvalue weighted by molar-refractivity contribution is 0.0189. The van der Waals surface area contributed by atoms with Crippen molar-refractivity contribution >= 4 is 6.09 Å². The second-order valence-corrected chi connectivity index (χ2v) is 7.39. The maximum absolute atomic E-state index is 12.3. The fourth-order valence-electron chi connectivity index (χ4n) is 2.89. The number of amides is 1. The highest BCUT2D eigenvalue weighted by Crippen LogP contribution is 2.28. The summed E-state index contributed by atoms with van der Waals surface area (Å²) in [4.78, 5) is 22.8. The van der Waals surface area contributed by atoms with Crippen LogP contribution in [0.15, 0.2) is 22.9 Å². The van der Waals surface area contributed by atoms with Gasteiger partial charge in [-0.15, -0.1) is 0 Å². The summed E-state index contributed by atoms with van der Waals surface area (Å²) in [6.45, 7) is 8.77. The van der Waals surface area contributed by atoms with Crippen LogP contribution in [-0.2, 0) is 4.74 Å². The summed E-state index contributed by atoms with van der Waals surface area (Å²) in [5.74, 6) is 1.06. The largest absolute Gasteiger partial charge is 0.444 e. The smallest absolute Gasteiger partial charge is 0.410 e. The molecule has 25 heavy (non-hydrogen) atoms. The van der Waals surface area contributed by atoms with Gasteiger partial charge in [0.15, 0.2) is 0 Å². The number of rotatable bonds is 2. The molecule has 0 radical (unpaired) electrons. The molecule has 0 aromatic carbocycles. The topological polar surface area (TPSA) is 81.4 Å². The predicted molar refractivity (Wildman–Crippen MR) is 92.0 cm³/mol. The molecule has 0 spiro atoms. The van der Waals surface area contributed by atoms with Crippen molar-refractivity contribution in [1.29, 1.82) is 0 Å². The predicted octanol–water partition coefficient (Wildman–Crippen LogP) is 3.55. The third-order valence-electron chi connectivity index (χ3n) is 4.09. The number of hydrogen-bond donors (Lipinski definition) is 0. The highest BCUT2D eigenvalue weighted by molar-refractivity contribution is 5.68. The number of carbonyl (C=O) groups is 1. The maximum Gasteiger partial charge on any atom is 0.410 e. The normalized spacial score (nSPS) is 18.2. The van der Waals surface area contributed by atoms with E-state index in [9.17, 15) is 4.79 Å². The second-order valence-electron chi connectivity index (χ2n) is 7.39. The third-order valence-corrected chi connectivity index (χ3v) is 4.09. The Kier molecular flexibility index (Phi) is 4.74. The Morgan fingerprint density at radius 2 is 2.20 bits per heavy atom. The number of aromatic nitrogens is 3. The van der Waals surface area contributed by atoms with Gasteiger partial charge in [0.05, 0.1) is 5.92 Å². The van der Waals surface area contributed by atoms with Gasteiger partial charge in [0, 0.05) is 19.3 Å².